The predicted octanol–water partition coefficient (Wildman–Crippen LogP) is 6.28. The summed E-state index contributed by atoms with van der Waals surface area (Å²) in [7, 11) is 0. The summed E-state index contributed by atoms with van der Waals surface area (Å²) in [6.07, 6.45) is 1.72. The number of aryl methyl sites for hydroxylation is 1. The number of hydrogen-bond acceptors (Lipinski definition) is 6. The minimum Gasteiger partial charge on any atom is -0.506 e. The van der Waals surface area contributed by atoms with Gasteiger partial charge in [-0.1, -0.05) is 71.9 Å². The number of thioether (sulfide) groups is 1. The zero-order valence-electron chi connectivity index (χ0n) is 19.9. The number of aliphatic hydroxyl groups excluding tert-OH is 1. The van der Waals surface area contributed by atoms with Crippen molar-refractivity contribution in [2.24, 2.45) is 4.99 Å². The first-order valence-electron chi connectivity index (χ1n) is 11.4. The third-order valence-corrected chi connectivity index (χ3v) is 6.32. The van der Waals surface area contributed by atoms with Crippen LogP contribution in [0.2, 0.25) is 0 Å². The van der Waals surface area contributed by atoms with Gasteiger partial charge in [-0.25, -0.2) is 9.79 Å². The van der Waals surface area contributed by atoms with Crippen molar-refractivity contribution in [2.75, 3.05) is 6.61 Å². The summed E-state index contributed by atoms with van der Waals surface area (Å²) in [5.74, 6) is -0.799. The summed E-state index contributed by atoms with van der Waals surface area (Å²) >= 11 is 1.05. The molecule has 0 aliphatic carbocycles. The minimum atomic E-state index is -0.731. The van der Waals surface area contributed by atoms with Crippen LogP contribution in [0, 0.1) is 6.92 Å². The van der Waals surface area contributed by atoms with E-state index in [2.05, 4.69) is 4.99 Å². The molecule has 0 saturated heterocycles. The van der Waals surface area contributed by atoms with E-state index in [1.165, 1.54) is 5.56 Å². The van der Waals surface area contributed by atoms with E-state index >= 15 is 0 Å². The lowest BCUT2D eigenvalue weighted by atomic mass is 10.1. The van der Waals surface area contributed by atoms with Gasteiger partial charge in [0.25, 0.3) is 5.91 Å². The van der Waals surface area contributed by atoms with E-state index in [-0.39, 0.29) is 23.0 Å². The molecule has 1 N–H and O–H groups in total. The first-order valence-corrected chi connectivity index (χ1v) is 12.2. The monoisotopic (exact) mass is 499 g/mol. The highest BCUT2D eigenvalue weighted by molar-refractivity contribution is 8.18. The fourth-order valence-corrected chi connectivity index (χ4v) is 4.40. The quantitative estimate of drug-likeness (QED) is 0.385. The van der Waals surface area contributed by atoms with E-state index in [4.69, 9.17) is 9.47 Å². The normalized spacial score (nSPS) is 15.4. The van der Waals surface area contributed by atoms with E-state index in [0.717, 1.165) is 22.9 Å². The molecule has 0 aromatic heterocycles. The molecule has 6 nitrogen and oxygen atoms in total. The molecule has 4 rings (SSSR count). The number of nitrogens with zero attached hydrogens (tertiary/aromatic N) is 1. The maximum absolute atomic E-state index is 12.6. The summed E-state index contributed by atoms with van der Waals surface area (Å²) in [4.78, 5) is 29.7. The first-order chi connectivity index (χ1) is 17.4. The Kier molecular flexibility index (Phi) is 8.02. The van der Waals surface area contributed by atoms with E-state index in [1.54, 1.807) is 43.3 Å². The molecule has 182 valence electrons. The molecule has 3 aromatic rings. The van der Waals surface area contributed by atoms with Gasteiger partial charge in [-0.05, 0) is 55.3 Å². The molecule has 0 saturated carbocycles. The molecule has 0 fully saturated rings. The van der Waals surface area contributed by atoms with Crippen molar-refractivity contribution in [1.82, 2.24) is 0 Å². The van der Waals surface area contributed by atoms with Gasteiger partial charge in [-0.15, -0.1) is 0 Å². The highest BCUT2D eigenvalue weighted by atomic mass is 32.2. The molecule has 1 aliphatic heterocycles. The molecule has 1 amide bonds. The van der Waals surface area contributed by atoms with Gasteiger partial charge >= 0.3 is 5.97 Å². The van der Waals surface area contributed by atoms with Gasteiger partial charge in [0.2, 0.25) is 0 Å². The van der Waals surface area contributed by atoms with Gasteiger partial charge in [0.05, 0.1) is 11.5 Å². The summed E-state index contributed by atoms with van der Waals surface area (Å²) in [5, 5.41) is 10.9. The molecule has 0 spiro atoms. The van der Waals surface area contributed by atoms with E-state index in [1.807, 2.05) is 55.5 Å². The molecular formula is C29H25NO5S. The SMILES string of the molecule is CCOC(=O)C1=C(O)/C(=C/c2ccc(OCc3ccc(C)cc3)cc2)SC1=NC(=O)c1ccccc1. The lowest BCUT2D eigenvalue weighted by Crippen LogP contribution is -2.14. The Morgan fingerprint density at radius 3 is 2.33 bits per heavy atom. The molecule has 36 heavy (non-hydrogen) atoms. The maximum Gasteiger partial charge on any atom is 0.344 e. The van der Waals surface area contributed by atoms with Crippen LogP contribution in [-0.2, 0) is 16.1 Å². The van der Waals surface area contributed by atoms with Gasteiger partial charge in [-0.2, -0.15) is 0 Å². The fourth-order valence-electron chi connectivity index (χ4n) is 3.39. The number of aliphatic imine (C=N–C) groups is 1. The molecule has 0 radical (unpaired) electrons. The lowest BCUT2D eigenvalue weighted by Gasteiger charge is -2.07. The van der Waals surface area contributed by atoms with Crippen molar-refractivity contribution in [2.45, 2.75) is 20.5 Å². The van der Waals surface area contributed by atoms with Crippen LogP contribution in [0.25, 0.3) is 6.08 Å². The number of benzene rings is 3. The average molecular weight is 500 g/mol. The highest BCUT2D eigenvalue weighted by Crippen LogP contribution is 2.39. The van der Waals surface area contributed by atoms with Crippen LogP contribution in [0.1, 0.15) is 34.0 Å². The summed E-state index contributed by atoms with van der Waals surface area (Å²) in [6.45, 7) is 4.30. The third-order valence-electron chi connectivity index (χ3n) is 5.30. The lowest BCUT2D eigenvalue weighted by molar-refractivity contribution is -0.138. The number of amides is 1. The largest absolute Gasteiger partial charge is 0.506 e. The molecular weight excluding hydrogens is 474 g/mol. The number of carbonyl (C=O) groups is 2. The molecule has 0 unspecified atom stereocenters. The second-order valence-electron chi connectivity index (χ2n) is 7.99. The highest BCUT2D eigenvalue weighted by Gasteiger charge is 2.33. The number of ether oxygens (including phenoxy) is 2. The van der Waals surface area contributed by atoms with Crippen LogP contribution >= 0.6 is 11.8 Å². The zero-order valence-corrected chi connectivity index (χ0v) is 20.7. The second-order valence-corrected chi connectivity index (χ2v) is 9.02. The van der Waals surface area contributed by atoms with Crippen molar-refractivity contribution >= 4 is 34.8 Å². The number of carbonyl (C=O) groups excluding carboxylic acids is 2. The summed E-state index contributed by atoms with van der Waals surface area (Å²) in [5.41, 5.74) is 3.32. The topological polar surface area (TPSA) is 85.2 Å². The molecule has 1 aliphatic rings. The van der Waals surface area contributed by atoms with Gasteiger partial charge in [0.1, 0.15) is 28.7 Å². The van der Waals surface area contributed by atoms with E-state index < -0.39 is 11.9 Å². The number of esters is 1. The third kappa shape index (κ3) is 6.12. The standard InChI is InChI=1S/C29H25NO5S/c1-3-34-29(33)25-26(31)24(36-28(25)30-27(32)22-7-5-4-6-8-22)17-20-13-15-23(16-14-20)35-18-21-11-9-19(2)10-12-21/h4-17,31H,3,18H2,1-2H3/b24-17-,30-28?. The van der Waals surface area contributed by atoms with Crippen LogP contribution in [0.3, 0.4) is 0 Å². The van der Waals surface area contributed by atoms with Crippen LogP contribution in [0.15, 0.2) is 100 Å². The van der Waals surface area contributed by atoms with Crippen molar-refractivity contribution in [1.29, 1.82) is 0 Å². The molecule has 7 heteroatoms. The molecule has 0 bridgehead atoms. The van der Waals surface area contributed by atoms with Gasteiger partial charge in [0, 0.05) is 5.56 Å². The Morgan fingerprint density at radius 2 is 1.67 bits per heavy atom. The van der Waals surface area contributed by atoms with Crippen molar-refractivity contribution < 1.29 is 24.2 Å². The van der Waals surface area contributed by atoms with Crippen LogP contribution in [-0.4, -0.2) is 28.6 Å². The maximum atomic E-state index is 12.6. The Bertz CT molecular complexity index is 1340. The molecule has 1 heterocycles. The van der Waals surface area contributed by atoms with Gasteiger partial charge in [-0.3, -0.25) is 4.79 Å². The molecule has 0 atom stereocenters. The van der Waals surface area contributed by atoms with Gasteiger partial charge in [0.15, 0.2) is 0 Å². The smallest absolute Gasteiger partial charge is 0.344 e. The summed E-state index contributed by atoms with van der Waals surface area (Å²) < 4.78 is 10.9. The van der Waals surface area contributed by atoms with Crippen LogP contribution in [0.4, 0.5) is 0 Å². The number of rotatable bonds is 7. The van der Waals surface area contributed by atoms with Crippen LogP contribution in [0.5, 0.6) is 5.75 Å². The van der Waals surface area contributed by atoms with Crippen molar-refractivity contribution in [3.8, 4) is 5.75 Å². The molecule has 3 aromatic carbocycles. The van der Waals surface area contributed by atoms with Crippen molar-refractivity contribution in [3.63, 3.8) is 0 Å². The van der Waals surface area contributed by atoms with Crippen LogP contribution < -0.4 is 4.74 Å². The predicted molar refractivity (Wildman–Crippen MR) is 142 cm³/mol. The summed E-state index contributed by atoms with van der Waals surface area (Å²) in [6, 6.07) is 24.0. The zero-order chi connectivity index (χ0) is 25.5. The van der Waals surface area contributed by atoms with E-state index in [0.29, 0.717) is 22.8 Å². The second kappa shape index (κ2) is 11.6. The number of hydrogen-bond donors (Lipinski definition) is 1. The Morgan fingerprint density at radius 1 is 0.972 bits per heavy atom. The Balaban J connectivity index is 1.54. The fraction of sp³-hybridized carbons (Fsp3) is 0.138. The minimum absolute atomic E-state index is 0.101. The Labute approximate surface area is 214 Å². The number of aliphatic hydroxyl groups is 1. The average Bonchev–Trinajstić information content (AvgIpc) is 3.19. The first kappa shape index (κ1) is 25.0. The van der Waals surface area contributed by atoms with E-state index in [9.17, 15) is 14.7 Å². The van der Waals surface area contributed by atoms with Gasteiger partial charge < -0.3 is 14.6 Å². The Hall–Kier alpha value is -4.10. The van der Waals surface area contributed by atoms with Crippen molar-refractivity contribution in [3.05, 3.63) is 117 Å².